The van der Waals surface area contributed by atoms with E-state index in [0.717, 1.165) is 16.5 Å². The summed E-state index contributed by atoms with van der Waals surface area (Å²) in [6, 6.07) is 10.3. The van der Waals surface area contributed by atoms with Crippen LogP contribution >= 0.6 is 11.8 Å². The molecule has 21 heavy (non-hydrogen) atoms. The smallest absolute Gasteiger partial charge is 0.328 e. The molecule has 2 aromatic carbocycles. The molecular formula is C16H17NO3S. The predicted molar refractivity (Wildman–Crippen MR) is 87.6 cm³/mol. The zero-order valence-electron chi connectivity index (χ0n) is 11.7. The lowest BCUT2D eigenvalue weighted by molar-refractivity contribution is -0.138. The minimum Gasteiger partial charge on any atom is -0.507 e. The molecule has 0 aliphatic heterocycles. The van der Waals surface area contributed by atoms with E-state index < -0.39 is 12.0 Å². The van der Waals surface area contributed by atoms with E-state index >= 15 is 0 Å². The van der Waals surface area contributed by atoms with E-state index in [1.807, 2.05) is 36.6 Å². The number of hydrogen-bond donors (Lipinski definition) is 2. The summed E-state index contributed by atoms with van der Waals surface area (Å²) in [5.41, 5.74) is 0.559. The second kappa shape index (κ2) is 7.13. The first kappa shape index (κ1) is 15.4. The first-order valence-electron chi connectivity index (χ1n) is 6.59. The van der Waals surface area contributed by atoms with Crippen LogP contribution in [-0.2, 0) is 4.79 Å². The number of benzene rings is 2. The first-order valence-corrected chi connectivity index (χ1v) is 7.98. The lowest BCUT2D eigenvalue weighted by Gasteiger charge is -2.08. The number of nitrogens with zero attached hydrogens (tertiary/aromatic N) is 1. The Hall–Kier alpha value is -2.01. The fourth-order valence-corrected chi connectivity index (χ4v) is 2.53. The number of carboxylic acids is 1. The Morgan fingerprint density at radius 2 is 2.10 bits per heavy atom. The Balaban J connectivity index is 2.35. The summed E-state index contributed by atoms with van der Waals surface area (Å²) in [5.74, 6) is -0.109. The van der Waals surface area contributed by atoms with Gasteiger partial charge < -0.3 is 10.2 Å². The third-order valence-corrected chi connectivity index (χ3v) is 3.86. The summed E-state index contributed by atoms with van der Waals surface area (Å²) in [4.78, 5) is 15.3. The van der Waals surface area contributed by atoms with Crippen LogP contribution in [0.2, 0.25) is 0 Å². The van der Waals surface area contributed by atoms with Gasteiger partial charge in [-0.1, -0.05) is 30.3 Å². The maximum Gasteiger partial charge on any atom is 0.328 e. The molecule has 0 saturated heterocycles. The number of thioether (sulfide) groups is 1. The normalized spacial score (nSPS) is 12.8. The highest BCUT2D eigenvalue weighted by molar-refractivity contribution is 7.98. The van der Waals surface area contributed by atoms with Crippen LogP contribution in [0.3, 0.4) is 0 Å². The molecule has 0 heterocycles. The van der Waals surface area contributed by atoms with E-state index in [1.54, 1.807) is 17.8 Å². The van der Waals surface area contributed by atoms with Crippen molar-refractivity contribution >= 4 is 34.7 Å². The van der Waals surface area contributed by atoms with Crippen molar-refractivity contribution in [2.24, 2.45) is 4.99 Å². The Labute approximate surface area is 127 Å². The summed E-state index contributed by atoms with van der Waals surface area (Å²) in [6.45, 7) is 0. The Morgan fingerprint density at radius 3 is 2.81 bits per heavy atom. The van der Waals surface area contributed by atoms with Crippen molar-refractivity contribution in [1.29, 1.82) is 0 Å². The van der Waals surface area contributed by atoms with Gasteiger partial charge >= 0.3 is 5.97 Å². The van der Waals surface area contributed by atoms with Crippen molar-refractivity contribution in [2.75, 3.05) is 12.0 Å². The van der Waals surface area contributed by atoms with Gasteiger partial charge in [-0.15, -0.1) is 0 Å². The van der Waals surface area contributed by atoms with Gasteiger partial charge in [-0.05, 0) is 35.3 Å². The van der Waals surface area contributed by atoms with Gasteiger partial charge in [-0.2, -0.15) is 11.8 Å². The standard InChI is InChI=1S/C16H17NO3S/c1-21-9-8-14(16(19)20)17-10-13-12-5-3-2-4-11(12)6-7-15(13)18/h2-7,10,14,18H,8-9H2,1H3,(H,19,20). The molecule has 0 radical (unpaired) electrons. The number of aliphatic carboxylic acids is 1. The van der Waals surface area contributed by atoms with Gasteiger partial charge in [0.25, 0.3) is 0 Å². The molecule has 2 N–H and O–H groups in total. The number of aliphatic imine (C=N–C) groups is 1. The van der Waals surface area contributed by atoms with Gasteiger partial charge in [0.05, 0.1) is 0 Å². The minimum absolute atomic E-state index is 0.103. The highest BCUT2D eigenvalue weighted by atomic mass is 32.2. The second-order valence-electron chi connectivity index (χ2n) is 4.63. The Kier molecular flexibility index (Phi) is 5.22. The fourth-order valence-electron chi connectivity index (χ4n) is 2.08. The van der Waals surface area contributed by atoms with E-state index in [2.05, 4.69) is 4.99 Å². The maximum absolute atomic E-state index is 11.2. The van der Waals surface area contributed by atoms with Crippen LogP contribution in [0.1, 0.15) is 12.0 Å². The monoisotopic (exact) mass is 303 g/mol. The van der Waals surface area contributed by atoms with E-state index in [9.17, 15) is 15.0 Å². The topological polar surface area (TPSA) is 69.9 Å². The molecule has 0 aliphatic rings. The molecule has 0 saturated carbocycles. The van der Waals surface area contributed by atoms with Crippen molar-refractivity contribution < 1.29 is 15.0 Å². The lowest BCUT2D eigenvalue weighted by atomic mass is 10.0. The summed E-state index contributed by atoms with van der Waals surface area (Å²) in [7, 11) is 0. The Bertz CT molecular complexity index is 670. The van der Waals surface area contributed by atoms with E-state index in [0.29, 0.717) is 12.0 Å². The first-order chi connectivity index (χ1) is 10.1. The largest absolute Gasteiger partial charge is 0.507 e. The van der Waals surface area contributed by atoms with Gasteiger partial charge in [-0.3, -0.25) is 4.99 Å². The van der Waals surface area contributed by atoms with Crippen LogP contribution in [0, 0.1) is 0 Å². The highest BCUT2D eigenvalue weighted by Gasteiger charge is 2.15. The number of phenols is 1. The van der Waals surface area contributed by atoms with E-state index in [4.69, 9.17) is 0 Å². The van der Waals surface area contributed by atoms with Gasteiger partial charge in [0.2, 0.25) is 0 Å². The maximum atomic E-state index is 11.2. The highest BCUT2D eigenvalue weighted by Crippen LogP contribution is 2.25. The summed E-state index contributed by atoms with van der Waals surface area (Å²) >= 11 is 1.59. The van der Waals surface area contributed by atoms with Crippen molar-refractivity contribution in [3.05, 3.63) is 42.0 Å². The van der Waals surface area contributed by atoms with Gasteiger partial charge in [0, 0.05) is 11.8 Å². The molecule has 110 valence electrons. The third kappa shape index (κ3) is 3.76. The van der Waals surface area contributed by atoms with Crippen LogP contribution in [0.15, 0.2) is 41.4 Å². The predicted octanol–water partition coefficient (Wildman–Crippen LogP) is 3.17. The molecule has 0 aliphatic carbocycles. The van der Waals surface area contributed by atoms with Crippen molar-refractivity contribution in [2.45, 2.75) is 12.5 Å². The number of carboxylic acid groups (broad SMARTS) is 1. The number of fused-ring (bicyclic) bond motifs is 1. The van der Waals surface area contributed by atoms with E-state index in [1.165, 1.54) is 6.21 Å². The molecular weight excluding hydrogens is 286 g/mol. The number of aromatic hydroxyl groups is 1. The van der Waals surface area contributed by atoms with E-state index in [-0.39, 0.29) is 5.75 Å². The van der Waals surface area contributed by atoms with Crippen LogP contribution in [0.25, 0.3) is 10.8 Å². The molecule has 4 nitrogen and oxygen atoms in total. The van der Waals surface area contributed by atoms with Gasteiger partial charge in [0.15, 0.2) is 0 Å². The number of carbonyl (C=O) groups is 1. The average Bonchev–Trinajstić information content (AvgIpc) is 2.48. The summed E-state index contributed by atoms with van der Waals surface area (Å²) in [6.07, 6.45) is 3.87. The zero-order valence-corrected chi connectivity index (χ0v) is 12.5. The van der Waals surface area contributed by atoms with Crippen LogP contribution in [0.4, 0.5) is 0 Å². The van der Waals surface area contributed by atoms with Crippen LogP contribution in [0.5, 0.6) is 5.75 Å². The zero-order chi connectivity index (χ0) is 15.2. The number of hydrogen-bond acceptors (Lipinski definition) is 4. The van der Waals surface area contributed by atoms with Crippen molar-refractivity contribution in [3.8, 4) is 5.75 Å². The summed E-state index contributed by atoms with van der Waals surface area (Å²) in [5, 5.41) is 21.0. The summed E-state index contributed by atoms with van der Waals surface area (Å²) < 4.78 is 0. The number of rotatable bonds is 6. The average molecular weight is 303 g/mol. The molecule has 2 rings (SSSR count). The molecule has 0 amide bonds. The fraction of sp³-hybridized carbons (Fsp3) is 0.250. The third-order valence-electron chi connectivity index (χ3n) is 3.21. The molecule has 1 atom stereocenters. The molecule has 2 aromatic rings. The molecule has 0 fully saturated rings. The molecule has 0 bridgehead atoms. The van der Waals surface area contributed by atoms with Crippen molar-refractivity contribution in [3.63, 3.8) is 0 Å². The number of phenolic OH excluding ortho intramolecular Hbond substituents is 1. The van der Waals surface area contributed by atoms with Gasteiger partial charge in [0.1, 0.15) is 11.8 Å². The minimum atomic E-state index is -0.944. The lowest BCUT2D eigenvalue weighted by Crippen LogP contribution is -2.18. The van der Waals surface area contributed by atoms with Crippen LogP contribution < -0.4 is 0 Å². The SMILES string of the molecule is CSCCC(N=Cc1c(O)ccc2ccccc12)C(=O)O. The quantitative estimate of drug-likeness (QED) is 0.804. The van der Waals surface area contributed by atoms with Gasteiger partial charge in [-0.25, -0.2) is 4.79 Å². The molecule has 5 heteroatoms. The Morgan fingerprint density at radius 1 is 1.33 bits per heavy atom. The molecule has 1 unspecified atom stereocenters. The van der Waals surface area contributed by atoms with Crippen LogP contribution in [-0.4, -0.2) is 40.4 Å². The molecule has 0 spiro atoms. The van der Waals surface area contributed by atoms with Crippen molar-refractivity contribution in [1.82, 2.24) is 0 Å². The second-order valence-corrected chi connectivity index (χ2v) is 5.62. The molecule has 0 aromatic heterocycles.